The molecule has 5 rings (SSSR count). The second-order valence-corrected chi connectivity index (χ2v) is 9.12. The molecule has 2 aromatic heterocycles. The van der Waals surface area contributed by atoms with Crippen LogP contribution in [0.15, 0.2) is 66.9 Å². The third-order valence-corrected chi connectivity index (χ3v) is 6.62. The van der Waals surface area contributed by atoms with Gasteiger partial charge in [-0.15, -0.1) is 0 Å². The molecule has 166 valence electrons. The summed E-state index contributed by atoms with van der Waals surface area (Å²) < 4.78 is 2.23. The molecule has 4 aromatic rings. The quantitative estimate of drug-likeness (QED) is 0.417. The lowest BCUT2D eigenvalue weighted by Gasteiger charge is -2.21. The van der Waals surface area contributed by atoms with Crippen molar-refractivity contribution in [3.63, 3.8) is 0 Å². The molecule has 2 aromatic carbocycles. The number of nitrogens with zero attached hydrogens (tertiary/aromatic N) is 5. The van der Waals surface area contributed by atoms with Crippen LogP contribution in [0.3, 0.4) is 0 Å². The van der Waals surface area contributed by atoms with E-state index in [4.69, 9.17) is 21.8 Å². The summed E-state index contributed by atoms with van der Waals surface area (Å²) in [5, 5.41) is 9.84. The van der Waals surface area contributed by atoms with Gasteiger partial charge >= 0.3 is 0 Å². The molecule has 0 bridgehead atoms. The zero-order valence-electron chi connectivity index (χ0n) is 18.7. The van der Waals surface area contributed by atoms with Crippen LogP contribution in [0.25, 0.3) is 28.0 Å². The maximum Gasteiger partial charge on any atom is 0.137 e. The van der Waals surface area contributed by atoms with E-state index in [9.17, 15) is 0 Å². The van der Waals surface area contributed by atoms with Crippen molar-refractivity contribution < 1.29 is 0 Å². The lowest BCUT2D eigenvalue weighted by Crippen LogP contribution is -2.29. The third kappa shape index (κ3) is 4.65. The molecule has 0 aliphatic carbocycles. The summed E-state index contributed by atoms with van der Waals surface area (Å²) in [6.07, 6.45) is 3.34. The van der Waals surface area contributed by atoms with E-state index in [1.165, 1.54) is 12.1 Å². The van der Waals surface area contributed by atoms with E-state index in [1.54, 1.807) is 0 Å². The summed E-state index contributed by atoms with van der Waals surface area (Å²) >= 11 is 6.16. The first kappa shape index (κ1) is 21.7. The van der Waals surface area contributed by atoms with Gasteiger partial charge in [-0.25, -0.2) is 4.98 Å². The maximum absolute atomic E-state index is 9.12. The van der Waals surface area contributed by atoms with Gasteiger partial charge in [0.25, 0.3) is 0 Å². The van der Waals surface area contributed by atoms with Crippen LogP contribution in [-0.4, -0.2) is 52.4 Å². The van der Waals surface area contributed by atoms with E-state index in [2.05, 4.69) is 45.6 Å². The zero-order chi connectivity index (χ0) is 22.8. The van der Waals surface area contributed by atoms with Crippen LogP contribution < -0.4 is 0 Å². The van der Waals surface area contributed by atoms with Gasteiger partial charge in [0, 0.05) is 36.4 Å². The Balaban J connectivity index is 1.59. The van der Waals surface area contributed by atoms with Crippen molar-refractivity contribution in [2.24, 2.45) is 0 Å². The molecule has 3 heterocycles. The number of imidazole rings is 1. The van der Waals surface area contributed by atoms with Gasteiger partial charge in [-0.3, -0.25) is 4.90 Å². The highest BCUT2D eigenvalue weighted by Crippen LogP contribution is 2.29. The van der Waals surface area contributed by atoms with Crippen molar-refractivity contribution in [2.45, 2.75) is 13.0 Å². The Hall–Kier alpha value is -3.17. The molecular formula is C27H26ClN5. The summed E-state index contributed by atoms with van der Waals surface area (Å²) in [5.41, 5.74) is 7.04. The second kappa shape index (κ2) is 9.36. The average Bonchev–Trinajstić information content (AvgIpc) is 3.06. The standard InChI is InChI=1S/C27H26ClN5/c1-31-13-2-14-32(16-15-31)19-25-27(22-7-10-24(28)11-8-22)30-26-12-9-23(18-33(25)26)21-5-3-20(17-29)4-6-21/h3-12,18H,2,13-16,19H2,1H3. The number of fused-ring (bicyclic) bond motifs is 1. The lowest BCUT2D eigenvalue weighted by atomic mass is 10.1. The number of hydrogen-bond acceptors (Lipinski definition) is 4. The minimum absolute atomic E-state index is 0.666. The summed E-state index contributed by atoms with van der Waals surface area (Å²) in [4.78, 5) is 9.95. The molecule has 0 spiro atoms. The first-order valence-corrected chi connectivity index (χ1v) is 11.7. The third-order valence-electron chi connectivity index (χ3n) is 6.37. The molecule has 1 saturated heterocycles. The molecule has 0 N–H and O–H groups in total. The summed E-state index contributed by atoms with van der Waals surface area (Å²) in [6, 6.07) is 22.0. The minimum atomic E-state index is 0.666. The van der Waals surface area contributed by atoms with Gasteiger partial charge in [0.15, 0.2) is 0 Å². The lowest BCUT2D eigenvalue weighted by molar-refractivity contribution is 0.266. The molecule has 33 heavy (non-hydrogen) atoms. The highest BCUT2D eigenvalue weighted by molar-refractivity contribution is 6.30. The van der Waals surface area contributed by atoms with Crippen LogP contribution in [0.2, 0.25) is 5.02 Å². The van der Waals surface area contributed by atoms with Gasteiger partial charge in [-0.2, -0.15) is 5.26 Å². The monoisotopic (exact) mass is 455 g/mol. The Morgan fingerprint density at radius 1 is 0.879 bits per heavy atom. The minimum Gasteiger partial charge on any atom is -0.305 e. The number of pyridine rings is 1. The molecule has 0 amide bonds. The van der Waals surface area contributed by atoms with E-state index >= 15 is 0 Å². The number of hydrogen-bond donors (Lipinski definition) is 0. The Bertz CT molecular complexity index is 1300. The molecule has 0 radical (unpaired) electrons. The first-order chi connectivity index (χ1) is 16.1. The van der Waals surface area contributed by atoms with E-state index in [1.807, 2.05) is 48.5 Å². The Labute approximate surface area is 199 Å². The van der Waals surface area contributed by atoms with Crippen LogP contribution in [0.4, 0.5) is 0 Å². The van der Waals surface area contributed by atoms with Crippen molar-refractivity contribution >= 4 is 17.2 Å². The fourth-order valence-electron chi connectivity index (χ4n) is 4.46. The van der Waals surface area contributed by atoms with Gasteiger partial charge in [-0.05, 0) is 74.1 Å². The van der Waals surface area contributed by atoms with Crippen molar-refractivity contribution in [3.05, 3.63) is 83.1 Å². The number of benzene rings is 2. The molecule has 6 heteroatoms. The van der Waals surface area contributed by atoms with E-state index in [-0.39, 0.29) is 0 Å². The Kier molecular flexibility index (Phi) is 6.15. The van der Waals surface area contributed by atoms with Crippen molar-refractivity contribution in [3.8, 4) is 28.5 Å². The zero-order valence-corrected chi connectivity index (χ0v) is 19.5. The summed E-state index contributed by atoms with van der Waals surface area (Å²) in [5.74, 6) is 0. The van der Waals surface area contributed by atoms with Gasteiger partial charge in [-0.1, -0.05) is 35.9 Å². The SMILES string of the molecule is CN1CCCN(Cc2c(-c3ccc(Cl)cc3)nc3ccc(-c4ccc(C#N)cc4)cn23)CC1. The van der Waals surface area contributed by atoms with Crippen molar-refractivity contribution in [1.82, 2.24) is 19.2 Å². The molecule has 0 atom stereocenters. The Morgan fingerprint density at radius 3 is 2.36 bits per heavy atom. The van der Waals surface area contributed by atoms with Crippen molar-refractivity contribution in [1.29, 1.82) is 5.26 Å². The van der Waals surface area contributed by atoms with E-state index in [0.717, 1.165) is 65.8 Å². The van der Waals surface area contributed by atoms with Gasteiger partial charge in [0.2, 0.25) is 0 Å². The average molecular weight is 456 g/mol. The van der Waals surface area contributed by atoms with Crippen LogP contribution in [0.1, 0.15) is 17.7 Å². The molecule has 1 aliphatic rings. The van der Waals surface area contributed by atoms with Crippen molar-refractivity contribution in [2.75, 3.05) is 33.2 Å². The van der Waals surface area contributed by atoms with Crippen LogP contribution >= 0.6 is 11.6 Å². The largest absolute Gasteiger partial charge is 0.305 e. The molecule has 5 nitrogen and oxygen atoms in total. The van der Waals surface area contributed by atoms with Crippen LogP contribution in [-0.2, 0) is 6.54 Å². The fraction of sp³-hybridized carbons (Fsp3) is 0.259. The van der Waals surface area contributed by atoms with Gasteiger partial charge < -0.3 is 9.30 Å². The number of aromatic nitrogens is 2. The number of rotatable bonds is 4. The number of likely N-dealkylation sites (N-methyl/N-ethyl adjacent to an activating group) is 1. The highest BCUT2D eigenvalue weighted by atomic mass is 35.5. The number of halogens is 1. The summed E-state index contributed by atoms with van der Waals surface area (Å²) in [7, 11) is 2.20. The first-order valence-electron chi connectivity index (χ1n) is 11.3. The Morgan fingerprint density at radius 2 is 1.61 bits per heavy atom. The fourth-order valence-corrected chi connectivity index (χ4v) is 4.59. The van der Waals surface area contributed by atoms with Gasteiger partial charge in [0.1, 0.15) is 5.65 Å². The molecular weight excluding hydrogens is 430 g/mol. The normalized spacial score (nSPS) is 15.4. The molecule has 1 aliphatic heterocycles. The smallest absolute Gasteiger partial charge is 0.137 e. The topological polar surface area (TPSA) is 47.6 Å². The maximum atomic E-state index is 9.12. The van der Waals surface area contributed by atoms with E-state index in [0.29, 0.717) is 5.56 Å². The van der Waals surface area contributed by atoms with Crippen LogP contribution in [0.5, 0.6) is 0 Å². The van der Waals surface area contributed by atoms with Gasteiger partial charge in [0.05, 0.1) is 23.0 Å². The predicted molar refractivity (Wildman–Crippen MR) is 133 cm³/mol. The van der Waals surface area contributed by atoms with Crippen LogP contribution in [0, 0.1) is 11.3 Å². The second-order valence-electron chi connectivity index (χ2n) is 8.68. The predicted octanol–water partition coefficient (Wildman–Crippen LogP) is 5.33. The number of nitriles is 1. The molecule has 1 fully saturated rings. The summed E-state index contributed by atoms with van der Waals surface area (Å²) in [6.45, 7) is 5.16. The van der Waals surface area contributed by atoms with E-state index < -0.39 is 0 Å². The molecule has 0 saturated carbocycles. The molecule has 0 unspecified atom stereocenters. The highest BCUT2D eigenvalue weighted by Gasteiger charge is 2.19.